The van der Waals surface area contributed by atoms with E-state index in [1.165, 1.54) is 12.1 Å². The Hall–Kier alpha value is -0.990. The Morgan fingerprint density at radius 1 is 1.25 bits per heavy atom. The number of benzene rings is 1. The molecule has 1 aromatic carbocycles. The fourth-order valence-corrected chi connectivity index (χ4v) is 2.66. The molecular weight excluding hydrogens is 282 g/mol. The summed E-state index contributed by atoms with van der Waals surface area (Å²) in [4.78, 5) is 0.157. The third kappa shape index (κ3) is 5.98. The van der Waals surface area contributed by atoms with Gasteiger partial charge in [-0.15, -0.1) is 0 Å². The molecule has 0 unspecified atom stereocenters. The molecule has 114 valence electrons. The number of methoxy groups -OCH3 is 1. The highest BCUT2D eigenvalue weighted by Gasteiger charge is 2.13. The summed E-state index contributed by atoms with van der Waals surface area (Å²) in [5.74, 6) is 0. The van der Waals surface area contributed by atoms with Gasteiger partial charge in [0.15, 0.2) is 0 Å². The van der Waals surface area contributed by atoms with Crippen molar-refractivity contribution in [2.24, 2.45) is 0 Å². The molecule has 0 heterocycles. The van der Waals surface area contributed by atoms with Crippen LogP contribution >= 0.6 is 0 Å². The zero-order chi connectivity index (χ0) is 14.8. The largest absolute Gasteiger partial charge is 0.392 e. The van der Waals surface area contributed by atoms with Gasteiger partial charge >= 0.3 is 0 Å². The maximum atomic E-state index is 12.0. The van der Waals surface area contributed by atoms with Gasteiger partial charge in [0.1, 0.15) is 0 Å². The van der Waals surface area contributed by atoms with Crippen molar-refractivity contribution in [2.45, 2.75) is 17.9 Å². The lowest BCUT2D eigenvalue weighted by Crippen LogP contribution is -2.25. The predicted octanol–water partition coefficient (Wildman–Crippen LogP) is 0.510. The van der Waals surface area contributed by atoms with E-state index in [0.717, 1.165) is 0 Å². The first-order valence-corrected chi connectivity index (χ1v) is 7.84. The van der Waals surface area contributed by atoms with Gasteiger partial charge in [-0.2, -0.15) is 0 Å². The van der Waals surface area contributed by atoms with Crippen LogP contribution in [0.25, 0.3) is 0 Å². The van der Waals surface area contributed by atoms with E-state index >= 15 is 0 Å². The zero-order valence-corrected chi connectivity index (χ0v) is 12.4. The highest BCUT2D eigenvalue weighted by atomic mass is 32.2. The fourth-order valence-electron chi connectivity index (χ4n) is 1.52. The van der Waals surface area contributed by atoms with Crippen LogP contribution in [0.4, 0.5) is 0 Å². The molecule has 1 rings (SSSR count). The second kappa shape index (κ2) is 9.04. The summed E-state index contributed by atoms with van der Waals surface area (Å²) in [6.07, 6.45) is 0.586. The second-order valence-electron chi connectivity index (χ2n) is 4.16. The normalized spacial score (nSPS) is 11.7. The summed E-state index contributed by atoms with van der Waals surface area (Å²) in [5.41, 5.74) is 0.566. The Bertz CT molecular complexity index is 489. The molecule has 0 aliphatic carbocycles. The molecule has 0 aliphatic heterocycles. The minimum atomic E-state index is -3.53. The first-order valence-electron chi connectivity index (χ1n) is 6.36. The average molecular weight is 303 g/mol. The first kappa shape index (κ1) is 17.1. The quantitative estimate of drug-likeness (QED) is 0.615. The van der Waals surface area contributed by atoms with E-state index < -0.39 is 10.0 Å². The van der Waals surface area contributed by atoms with Crippen molar-refractivity contribution in [3.63, 3.8) is 0 Å². The van der Waals surface area contributed by atoms with E-state index in [1.54, 1.807) is 19.2 Å². The van der Waals surface area contributed by atoms with Gasteiger partial charge in [0.25, 0.3) is 0 Å². The molecule has 2 N–H and O–H groups in total. The van der Waals surface area contributed by atoms with Crippen LogP contribution in [0.15, 0.2) is 29.2 Å². The smallest absolute Gasteiger partial charge is 0.240 e. The average Bonchev–Trinajstić information content (AvgIpc) is 2.46. The summed E-state index contributed by atoms with van der Waals surface area (Å²) >= 11 is 0. The van der Waals surface area contributed by atoms with Gasteiger partial charge in [0.2, 0.25) is 10.0 Å². The molecule has 0 aromatic heterocycles. The molecule has 0 fully saturated rings. The van der Waals surface area contributed by atoms with Gasteiger partial charge in [-0.1, -0.05) is 12.1 Å². The Balaban J connectivity index is 2.37. The van der Waals surface area contributed by atoms with E-state index in [1.807, 2.05) is 0 Å². The molecule has 0 spiro atoms. The number of nitrogens with one attached hydrogen (secondary N) is 1. The summed E-state index contributed by atoms with van der Waals surface area (Å²) in [5, 5.41) is 9.00. The van der Waals surface area contributed by atoms with Crippen LogP contribution in [0.2, 0.25) is 0 Å². The summed E-state index contributed by atoms with van der Waals surface area (Å²) in [6.45, 7) is 1.62. The second-order valence-corrected chi connectivity index (χ2v) is 5.93. The van der Waals surface area contributed by atoms with E-state index in [4.69, 9.17) is 14.6 Å². The maximum absolute atomic E-state index is 12.0. The third-order valence-corrected chi connectivity index (χ3v) is 4.04. The van der Waals surface area contributed by atoms with Crippen molar-refractivity contribution in [1.82, 2.24) is 4.72 Å². The van der Waals surface area contributed by atoms with Crippen LogP contribution < -0.4 is 4.72 Å². The van der Waals surface area contributed by atoms with Crippen LogP contribution in [-0.2, 0) is 26.1 Å². The van der Waals surface area contributed by atoms with Gasteiger partial charge in [-0.05, 0) is 24.1 Å². The number of hydrogen-bond donors (Lipinski definition) is 2. The maximum Gasteiger partial charge on any atom is 0.240 e. The highest BCUT2D eigenvalue weighted by molar-refractivity contribution is 7.89. The number of rotatable bonds is 10. The van der Waals surface area contributed by atoms with Crippen molar-refractivity contribution >= 4 is 10.0 Å². The molecule has 0 saturated carbocycles. The topological polar surface area (TPSA) is 84.9 Å². The van der Waals surface area contributed by atoms with Crippen LogP contribution in [0.1, 0.15) is 12.0 Å². The van der Waals surface area contributed by atoms with E-state index in [-0.39, 0.29) is 11.5 Å². The standard InChI is InChI=1S/C13H21NO5S/c1-18-8-9-19-7-3-6-14-20(16,17)13-5-2-4-12(10-13)11-15/h2,4-5,10,14-15H,3,6-9,11H2,1H3. The molecule has 7 heteroatoms. The minimum Gasteiger partial charge on any atom is -0.392 e. The lowest BCUT2D eigenvalue weighted by molar-refractivity contribution is 0.0699. The Morgan fingerprint density at radius 3 is 2.75 bits per heavy atom. The number of aliphatic hydroxyl groups is 1. The van der Waals surface area contributed by atoms with Crippen LogP contribution in [0, 0.1) is 0 Å². The molecule has 0 saturated heterocycles. The number of aliphatic hydroxyl groups excluding tert-OH is 1. The Labute approximate surface area is 119 Å². The van der Waals surface area contributed by atoms with Crippen molar-refractivity contribution < 1.29 is 23.0 Å². The van der Waals surface area contributed by atoms with Crippen molar-refractivity contribution in [1.29, 1.82) is 0 Å². The Morgan fingerprint density at radius 2 is 2.05 bits per heavy atom. The van der Waals surface area contributed by atoms with E-state index in [2.05, 4.69) is 4.72 Å². The number of hydrogen-bond acceptors (Lipinski definition) is 5. The van der Waals surface area contributed by atoms with Gasteiger partial charge in [0.05, 0.1) is 24.7 Å². The van der Waals surface area contributed by atoms with Crippen molar-refractivity contribution in [3.8, 4) is 0 Å². The summed E-state index contributed by atoms with van der Waals surface area (Å²) in [6, 6.07) is 6.23. The molecule has 1 aromatic rings. The van der Waals surface area contributed by atoms with Gasteiger partial charge in [-0.25, -0.2) is 13.1 Å². The molecule has 0 bridgehead atoms. The lowest BCUT2D eigenvalue weighted by Gasteiger charge is -2.08. The van der Waals surface area contributed by atoms with Crippen LogP contribution in [0.5, 0.6) is 0 Å². The Kier molecular flexibility index (Phi) is 7.71. The molecule has 20 heavy (non-hydrogen) atoms. The highest BCUT2D eigenvalue weighted by Crippen LogP contribution is 2.11. The number of sulfonamides is 1. The number of ether oxygens (including phenoxy) is 2. The summed E-state index contributed by atoms with van der Waals surface area (Å²) in [7, 11) is -1.94. The molecule has 0 amide bonds. The van der Waals surface area contributed by atoms with Gasteiger partial charge in [-0.3, -0.25) is 0 Å². The SMILES string of the molecule is COCCOCCCNS(=O)(=O)c1cccc(CO)c1. The fraction of sp³-hybridized carbons (Fsp3) is 0.538. The van der Waals surface area contributed by atoms with Crippen molar-refractivity contribution in [3.05, 3.63) is 29.8 Å². The zero-order valence-electron chi connectivity index (χ0n) is 11.5. The molecular formula is C13H21NO5S. The van der Waals surface area contributed by atoms with Crippen molar-refractivity contribution in [2.75, 3.05) is 33.5 Å². The predicted molar refractivity (Wildman–Crippen MR) is 74.9 cm³/mol. The monoisotopic (exact) mass is 303 g/mol. The lowest BCUT2D eigenvalue weighted by atomic mass is 10.2. The molecule has 0 atom stereocenters. The minimum absolute atomic E-state index is 0.157. The van der Waals surface area contributed by atoms with Gasteiger partial charge < -0.3 is 14.6 Å². The van der Waals surface area contributed by atoms with E-state index in [9.17, 15) is 8.42 Å². The van der Waals surface area contributed by atoms with Crippen LogP contribution in [-0.4, -0.2) is 47.0 Å². The molecule has 0 radical (unpaired) electrons. The summed E-state index contributed by atoms with van der Waals surface area (Å²) < 4.78 is 36.5. The molecule has 0 aliphatic rings. The third-order valence-electron chi connectivity index (χ3n) is 2.58. The van der Waals surface area contributed by atoms with Crippen LogP contribution in [0.3, 0.4) is 0 Å². The molecule has 6 nitrogen and oxygen atoms in total. The van der Waals surface area contributed by atoms with E-state index in [0.29, 0.717) is 38.3 Å². The first-order chi connectivity index (χ1) is 9.60. The van der Waals surface area contributed by atoms with Gasteiger partial charge in [0, 0.05) is 20.3 Å².